The highest BCUT2D eigenvalue weighted by Crippen LogP contribution is 2.32. The largest absolute Gasteiger partial charge is 0.495 e. The van der Waals surface area contributed by atoms with Gasteiger partial charge in [-0.05, 0) is 55.7 Å². The van der Waals surface area contributed by atoms with Crippen molar-refractivity contribution in [1.29, 1.82) is 0 Å². The molecule has 1 aliphatic carbocycles. The van der Waals surface area contributed by atoms with E-state index in [-0.39, 0.29) is 28.9 Å². The van der Waals surface area contributed by atoms with E-state index in [1.807, 2.05) is 0 Å². The van der Waals surface area contributed by atoms with Crippen molar-refractivity contribution in [2.45, 2.75) is 50.0 Å². The lowest BCUT2D eigenvalue weighted by molar-refractivity contribution is -0.116. The smallest absolute Gasteiger partial charge is 0.247 e. The molecule has 2 aromatic rings. The molecule has 30 heavy (non-hydrogen) atoms. The molecule has 1 N–H and O–H groups in total. The van der Waals surface area contributed by atoms with Gasteiger partial charge in [0.2, 0.25) is 15.9 Å². The maximum absolute atomic E-state index is 13.6. The fourth-order valence-corrected chi connectivity index (χ4v) is 5.68. The van der Waals surface area contributed by atoms with Gasteiger partial charge in [0.1, 0.15) is 16.5 Å². The number of carbonyl (C=O) groups is 1. The Hall–Kier alpha value is -2.45. The van der Waals surface area contributed by atoms with E-state index < -0.39 is 21.7 Å². The van der Waals surface area contributed by atoms with Crippen LogP contribution in [0.5, 0.6) is 5.75 Å². The quantitative estimate of drug-likeness (QED) is 0.712. The molecule has 0 spiro atoms. The van der Waals surface area contributed by atoms with Crippen molar-refractivity contribution in [2.75, 3.05) is 19.0 Å². The number of nitrogens with one attached hydrogen (secondary N) is 1. The number of aryl methyl sites for hydroxylation is 1. The average molecular weight is 435 g/mol. The van der Waals surface area contributed by atoms with Crippen molar-refractivity contribution < 1.29 is 22.3 Å². The molecule has 162 valence electrons. The van der Waals surface area contributed by atoms with Crippen LogP contribution in [0.2, 0.25) is 0 Å². The molecule has 0 aliphatic heterocycles. The highest BCUT2D eigenvalue weighted by molar-refractivity contribution is 7.89. The van der Waals surface area contributed by atoms with Gasteiger partial charge in [0.05, 0.1) is 13.7 Å². The number of benzene rings is 2. The van der Waals surface area contributed by atoms with Crippen LogP contribution in [0.3, 0.4) is 0 Å². The highest BCUT2D eigenvalue weighted by Gasteiger charge is 2.35. The monoisotopic (exact) mass is 434 g/mol. The van der Waals surface area contributed by atoms with Crippen LogP contribution in [0.15, 0.2) is 47.4 Å². The summed E-state index contributed by atoms with van der Waals surface area (Å²) in [4.78, 5) is 12.8. The second kappa shape index (κ2) is 9.57. The number of halogens is 1. The normalized spacial score (nSPS) is 15.2. The first kappa shape index (κ1) is 22.2. The van der Waals surface area contributed by atoms with Crippen LogP contribution in [0, 0.1) is 12.7 Å². The molecular weight excluding hydrogens is 407 g/mol. The van der Waals surface area contributed by atoms with Crippen molar-refractivity contribution in [3.63, 3.8) is 0 Å². The van der Waals surface area contributed by atoms with E-state index in [1.165, 1.54) is 29.6 Å². The number of sulfonamides is 1. The van der Waals surface area contributed by atoms with Crippen LogP contribution in [0.25, 0.3) is 0 Å². The van der Waals surface area contributed by atoms with Gasteiger partial charge >= 0.3 is 0 Å². The summed E-state index contributed by atoms with van der Waals surface area (Å²) in [6, 6.07) is 10.2. The molecule has 0 aromatic heterocycles. The SMILES string of the molecule is COc1ccc(C)cc1S(=O)(=O)N(CC(=O)Nc1cccc(F)c1)C1CCCCC1. The molecule has 3 rings (SSSR count). The first-order valence-corrected chi connectivity index (χ1v) is 11.5. The predicted octanol–water partition coefficient (Wildman–Crippen LogP) is 4.10. The summed E-state index contributed by atoms with van der Waals surface area (Å²) in [7, 11) is -2.57. The first-order valence-electron chi connectivity index (χ1n) is 10.0. The van der Waals surface area contributed by atoms with Crippen molar-refractivity contribution in [3.8, 4) is 5.75 Å². The fraction of sp³-hybridized carbons (Fsp3) is 0.409. The Kier molecular flexibility index (Phi) is 7.10. The summed E-state index contributed by atoms with van der Waals surface area (Å²) in [5.74, 6) is -0.748. The third-order valence-electron chi connectivity index (χ3n) is 5.30. The van der Waals surface area contributed by atoms with E-state index in [0.29, 0.717) is 12.8 Å². The van der Waals surface area contributed by atoms with Gasteiger partial charge in [-0.1, -0.05) is 31.4 Å². The number of carbonyl (C=O) groups excluding carboxylic acids is 1. The van der Waals surface area contributed by atoms with Crippen molar-refractivity contribution >= 4 is 21.6 Å². The number of rotatable bonds is 7. The number of hydrogen-bond acceptors (Lipinski definition) is 4. The van der Waals surface area contributed by atoms with Crippen LogP contribution < -0.4 is 10.1 Å². The summed E-state index contributed by atoms with van der Waals surface area (Å²) < 4.78 is 47.2. The zero-order valence-electron chi connectivity index (χ0n) is 17.2. The molecule has 8 heteroatoms. The van der Waals surface area contributed by atoms with E-state index in [9.17, 15) is 17.6 Å². The third-order valence-corrected chi connectivity index (χ3v) is 7.22. The Morgan fingerprint density at radius 1 is 1.17 bits per heavy atom. The van der Waals surface area contributed by atoms with Gasteiger partial charge in [0.15, 0.2) is 0 Å². The van der Waals surface area contributed by atoms with Crippen molar-refractivity contribution in [2.24, 2.45) is 0 Å². The molecule has 2 aromatic carbocycles. The Balaban J connectivity index is 1.92. The lowest BCUT2D eigenvalue weighted by atomic mass is 9.95. The number of hydrogen-bond donors (Lipinski definition) is 1. The van der Waals surface area contributed by atoms with E-state index in [2.05, 4.69) is 5.32 Å². The summed E-state index contributed by atoms with van der Waals surface area (Å²) >= 11 is 0. The second-order valence-electron chi connectivity index (χ2n) is 7.55. The number of methoxy groups -OCH3 is 1. The lowest BCUT2D eigenvalue weighted by Gasteiger charge is -2.33. The molecule has 0 radical (unpaired) electrons. The van der Waals surface area contributed by atoms with E-state index >= 15 is 0 Å². The zero-order chi connectivity index (χ0) is 21.7. The molecule has 0 heterocycles. The summed E-state index contributed by atoms with van der Waals surface area (Å²) in [6.45, 7) is 1.46. The minimum Gasteiger partial charge on any atom is -0.495 e. The zero-order valence-corrected chi connectivity index (χ0v) is 18.0. The van der Waals surface area contributed by atoms with Crippen LogP contribution in [0.1, 0.15) is 37.7 Å². The Labute approximate surface area is 177 Å². The summed E-state index contributed by atoms with van der Waals surface area (Å²) in [5, 5.41) is 2.60. The van der Waals surface area contributed by atoms with Crippen LogP contribution in [0.4, 0.5) is 10.1 Å². The molecular formula is C22H27FN2O4S. The van der Waals surface area contributed by atoms with Crippen LogP contribution >= 0.6 is 0 Å². The molecule has 0 saturated heterocycles. The van der Waals surface area contributed by atoms with E-state index in [4.69, 9.17) is 4.74 Å². The lowest BCUT2D eigenvalue weighted by Crippen LogP contribution is -2.45. The molecule has 0 bridgehead atoms. The molecule has 1 fully saturated rings. The average Bonchev–Trinajstić information content (AvgIpc) is 2.72. The van der Waals surface area contributed by atoms with Crippen LogP contribution in [-0.4, -0.2) is 38.3 Å². The first-order chi connectivity index (χ1) is 14.3. The fourth-order valence-electron chi connectivity index (χ4n) is 3.80. The predicted molar refractivity (Wildman–Crippen MR) is 114 cm³/mol. The van der Waals surface area contributed by atoms with Gasteiger partial charge in [0.25, 0.3) is 0 Å². The Morgan fingerprint density at radius 3 is 2.57 bits per heavy atom. The molecule has 1 aliphatic rings. The van der Waals surface area contributed by atoms with Gasteiger partial charge < -0.3 is 10.1 Å². The van der Waals surface area contributed by atoms with Crippen molar-refractivity contribution in [3.05, 3.63) is 53.8 Å². The van der Waals surface area contributed by atoms with Crippen LogP contribution in [-0.2, 0) is 14.8 Å². The van der Waals surface area contributed by atoms with Gasteiger partial charge in [-0.3, -0.25) is 4.79 Å². The summed E-state index contributed by atoms with van der Waals surface area (Å²) in [5.41, 5.74) is 1.07. The minimum absolute atomic E-state index is 0.0501. The topological polar surface area (TPSA) is 75.7 Å². The molecule has 6 nitrogen and oxygen atoms in total. The van der Waals surface area contributed by atoms with E-state index in [1.54, 1.807) is 31.2 Å². The molecule has 0 atom stereocenters. The van der Waals surface area contributed by atoms with Gasteiger partial charge in [-0.2, -0.15) is 4.31 Å². The molecule has 0 unspecified atom stereocenters. The van der Waals surface area contributed by atoms with E-state index in [0.717, 1.165) is 24.8 Å². The number of amides is 1. The van der Waals surface area contributed by atoms with Gasteiger partial charge in [-0.25, -0.2) is 12.8 Å². The number of anilines is 1. The second-order valence-corrected chi connectivity index (χ2v) is 9.41. The van der Waals surface area contributed by atoms with Gasteiger partial charge in [0, 0.05) is 11.7 Å². The van der Waals surface area contributed by atoms with Gasteiger partial charge in [-0.15, -0.1) is 0 Å². The molecule has 1 saturated carbocycles. The number of nitrogens with zero attached hydrogens (tertiary/aromatic N) is 1. The summed E-state index contributed by atoms with van der Waals surface area (Å²) in [6.07, 6.45) is 4.26. The standard InChI is InChI=1S/C22H27FN2O4S/c1-16-11-12-20(29-2)21(13-16)30(27,28)25(19-9-4-3-5-10-19)15-22(26)24-18-8-6-7-17(23)14-18/h6-8,11-14,19H,3-5,9-10,15H2,1-2H3,(H,24,26). The minimum atomic E-state index is -3.99. The maximum atomic E-state index is 13.6. The Bertz CT molecular complexity index is 1000. The van der Waals surface area contributed by atoms with Crippen molar-refractivity contribution in [1.82, 2.24) is 4.31 Å². The Morgan fingerprint density at radius 2 is 1.90 bits per heavy atom. The number of ether oxygens (including phenoxy) is 1. The third kappa shape index (κ3) is 5.17. The maximum Gasteiger partial charge on any atom is 0.247 e. The molecule has 1 amide bonds. The highest BCUT2D eigenvalue weighted by atomic mass is 32.2.